The Morgan fingerprint density at radius 3 is 2.54 bits per heavy atom. The van der Waals surface area contributed by atoms with Gasteiger partial charge in [0.1, 0.15) is 5.82 Å². The number of benzene rings is 1. The molecule has 1 aliphatic rings. The summed E-state index contributed by atoms with van der Waals surface area (Å²) < 4.78 is 13.1. The molecule has 1 fully saturated rings. The zero-order chi connectivity index (χ0) is 17.9. The molecule has 0 saturated carbocycles. The fraction of sp³-hybridized carbons (Fsp3) is 0.632. The van der Waals surface area contributed by atoms with Crippen molar-refractivity contribution < 1.29 is 4.39 Å². The number of hydrogen-bond acceptors (Lipinski definition) is 3. The summed E-state index contributed by atoms with van der Waals surface area (Å²) in [5.74, 6) is 0.636. The molecule has 0 atom stereocenters. The van der Waals surface area contributed by atoms with Crippen LogP contribution in [0.2, 0.25) is 0 Å². The Kier molecular flexibility index (Phi) is 11.8. The van der Waals surface area contributed by atoms with E-state index in [1.165, 1.54) is 45.2 Å². The molecule has 0 bridgehead atoms. The molecule has 26 heavy (non-hydrogen) atoms. The molecule has 148 valence electrons. The van der Waals surface area contributed by atoms with Gasteiger partial charge in [0.15, 0.2) is 5.96 Å². The number of hydrogen-bond donors (Lipinski definition) is 2. The van der Waals surface area contributed by atoms with Gasteiger partial charge in [-0.1, -0.05) is 12.1 Å². The van der Waals surface area contributed by atoms with Crippen LogP contribution in [0.25, 0.3) is 0 Å². The first-order valence-corrected chi connectivity index (χ1v) is 9.27. The minimum Gasteiger partial charge on any atom is -0.356 e. The molecule has 2 rings (SSSR count). The number of nitrogens with one attached hydrogen (secondary N) is 2. The van der Waals surface area contributed by atoms with E-state index in [1.54, 1.807) is 19.2 Å². The highest BCUT2D eigenvalue weighted by Gasteiger charge is 2.12. The van der Waals surface area contributed by atoms with E-state index in [1.807, 2.05) is 6.07 Å². The molecule has 5 nitrogen and oxygen atoms in total. The first-order valence-electron chi connectivity index (χ1n) is 9.27. The Bertz CT molecular complexity index is 532. The van der Waals surface area contributed by atoms with Crippen LogP contribution in [0, 0.1) is 5.82 Å². The molecule has 0 spiro atoms. The Morgan fingerprint density at radius 2 is 1.85 bits per heavy atom. The predicted octanol–water partition coefficient (Wildman–Crippen LogP) is 2.18. The third-order valence-corrected chi connectivity index (χ3v) is 4.61. The fourth-order valence-electron chi connectivity index (χ4n) is 2.98. The highest BCUT2D eigenvalue weighted by Crippen LogP contribution is 2.03. The third-order valence-electron chi connectivity index (χ3n) is 4.61. The lowest BCUT2D eigenvalue weighted by Crippen LogP contribution is -2.44. The number of nitrogens with zero attached hydrogens (tertiary/aromatic N) is 3. The fourth-order valence-corrected chi connectivity index (χ4v) is 2.98. The van der Waals surface area contributed by atoms with Crippen molar-refractivity contribution >= 4 is 29.9 Å². The number of halogens is 2. The molecule has 1 heterocycles. The number of likely N-dealkylation sites (N-methyl/N-ethyl adjacent to an activating group) is 1. The van der Waals surface area contributed by atoms with Gasteiger partial charge in [-0.25, -0.2) is 4.39 Å². The molecule has 0 radical (unpaired) electrons. The predicted molar refractivity (Wildman–Crippen MR) is 118 cm³/mol. The van der Waals surface area contributed by atoms with E-state index >= 15 is 0 Å². The van der Waals surface area contributed by atoms with E-state index in [2.05, 4.69) is 32.5 Å². The Morgan fingerprint density at radius 1 is 1.12 bits per heavy atom. The first-order chi connectivity index (χ1) is 12.2. The van der Waals surface area contributed by atoms with Crippen molar-refractivity contribution in [2.75, 3.05) is 59.9 Å². The standard InChI is InChI=1S/C19H32FN5.HI/c1-21-19(23-10-8-17-6-5-7-18(20)16-17)22-9-3-4-11-25-14-12-24(2)13-15-25;/h5-7,16H,3-4,8-15H2,1-2H3,(H2,21,22,23);1H. The minimum atomic E-state index is -0.180. The summed E-state index contributed by atoms with van der Waals surface area (Å²) in [5.41, 5.74) is 0.995. The summed E-state index contributed by atoms with van der Waals surface area (Å²) in [6.07, 6.45) is 3.12. The van der Waals surface area contributed by atoms with Gasteiger partial charge in [0.25, 0.3) is 0 Å². The zero-order valence-corrected chi connectivity index (χ0v) is 18.3. The molecular formula is C19H33FIN5. The molecule has 0 aromatic heterocycles. The van der Waals surface area contributed by atoms with Crippen molar-refractivity contribution in [3.8, 4) is 0 Å². The van der Waals surface area contributed by atoms with Crippen molar-refractivity contribution in [1.82, 2.24) is 20.4 Å². The molecule has 1 aliphatic heterocycles. The van der Waals surface area contributed by atoms with E-state index in [-0.39, 0.29) is 29.8 Å². The number of aliphatic imine (C=N–C) groups is 1. The Balaban J connectivity index is 0.00000338. The van der Waals surface area contributed by atoms with Crippen LogP contribution in [0.1, 0.15) is 18.4 Å². The van der Waals surface area contributed by atoms with Gasteiger partial charge in [-0.15, -0.1) is 24.0 Å². The van der Waals surface area contributed by atoms with Gasteiger partial charge in [0.05, 0.1) is 0 Å². The minimum absolute atomic E-state index is 0. The Labute approximate surface area is 174 Å². The Hall–Kier alpha value is -0.930. The second kappa shape index (κ2) is 13.3. The normalized spacial score (nSPS) is 16.2. The van der Waals surface area contributed by atoms with Crippen LogP contribution in [-0.4, -0.2) is 75.7 Å². The second-order valence-corrected chi connectivity index (χ2v) is 6.66. The maximum Gasteiger partial charge on any atom is 0.190 e. The zero-order valence-electron chi connectivity index (χ0n) is 16.0. The van der Waals surface area contributed by atoms with Crippen LogP contribution in [-0.2, 0) is 6.42 Å². The molecule has 2 N–H and O–H groups in total. The lowest BCUT2D eigenvalue weighted by molar-refractivity contribution is 0.152. The number of guanidine groups is 1. The van der Waals surface area contributed by atoms with Gasteiger partial charge in [-0.3, -0.25) is 4.99 Å². The lowest BCUT2D eigenvalue weighted by atomic mass is 10.1. The molecular weight excluding hydrogens is 444 g/mol. The van der Waals surface area contributed by atoms with Gasteiger partial charge >= 0.3 is 0 Å². The van der Waals surface area contributed by atoms with Crippen molar-refractivity contribution in [1.29, 1.82) is 0 Å². The van der Waals surface area contributed by atoms with Crippen molar-refractivity contribution in [3.63, 3.8) is 0 Å². The maximum absolute atomic E-state index is 13.1. The first kappa shape index (κ1) is 23.1. The van der Waals surface area contributed by atoms with Crippen LogP contribution in [0.3, 0.4) is 0 Å². The van der Waals surface area contributed by atoms with Gasteiger partial charge in [0, 0.05) is 46.3 Å². The van der Waals surface area contributed by atoms with E-state index in [9.17, 15) is 4.39 Å². The monoisotopic (exact) mass is 477 g/mol. The SMILES string of the molecule is CN=C(NCCCCN1CCN(C)CC1)NCCc1cccc(F)c1.I. The molecule has 1 saturated heterocycles. The summed E-state index contributed by atoms with van der Waals surface area (Å²) in [4.78, 5) is 9.17. The van der Waals surface area contributed by atoms with Crippen molar-refractivity contribution in [2.45, 2.75) is 19.3 Å². The van der Waals surface area contributed by atoms with Gasteiger partial charge in [-0.2, -0.15) is 0 Å². The summed E-state index contributed by atoms with van der Waals surface area (Å²) in [7, 11) is 3.97. The van der Waals surface area contributed by atoms with Gasteiger partial charge < -0.3 is 20.4 Å². The molecule has 1 aromatic rings. The number of rotatable bonds is 8. The molecule has 0 aliphatic carbocycles. The van der Waals surface area contributed by atoms with Crippen LogP contribution in [0.15, 0.2) is 29.3 Å². The van der Waals surface area contributed by atoms with E-state index in [0.29, 0.717) is 0 Å². The van der Waals surface area contributed by atoms with Gasteiger partial charge in [0.2, 0.25) is 0 Å². The smallest absolute Gasteiger partial charge is 0.190 e. The average molecular weight is 477 g/mol. The summed E-state index contributed by atoms with van der Waals surface area (Å²) in [6, 6.07) is 6.74. The highest BCUT2D eigenvalue weighted by atomic mass is 127. The van der Waals surface area contributed by atoms with E-state index in [4.69, 9.17) is 0 Å². The molecule has 0 amide bonds. The average Bonchev–Trinajstić information content (AvgIpc) is 2.61. The molecule has 1 aromatic carbocycles. The topological polar surface area (TPSA) is 42.9 Å². The molecule has 7 heteroatoms. The molecule has 0 unspecified atom stereocenters. The number of unbranched alkanes of at least 4 members (excludes halogenated alkanes) is 1. The van der Waals surface area contributed by atoms with E-state index in [0.717, 1.165) is 37.5 Å². The largest absolute Gasteiger partial charge is 0.356 e. The quantitative estimate of drug-likeness (QED) is 0.261. The summed E-state index contributed by atoms with van der Waals surface area (Å²) in [6.45, 7) is 7.58. The highest BCUT2D eigenvalue weighted by molar-refractivity contribution is 14.0. The van der Waals surface area contributed by atoms with Crippen LogP contribution >= 0.6 is 24.0 Å². The van der Waals surface area contributed by atoms with Crippen LogP contribution < -0.4 is 10.6 Å². The summed E-state index contributed by atoms with van der Waals surface area (Å²) in [5, 5.41) is 6.63. The third kappa shape index (κ3) is 9.14. The van der Waals surface area contributed by atoms with Crippen LogP contribution in [0.4, 0.5) is 4.39 Å². The van der Waals surface area contributed by atoms with Crippen molar-refractivity contribution in [3.05, 3.63) is 35.6 Å². The maximum atomic E-state index is 13.1. The van der Waals surface area contributed by atoms with Gasteiger partial charge in [-0.05, 0) is 50.6 Å². The second-order valence-electron chi connectivity index (χ2n) is 6.66. The summed E-state index contributed by atoms with van der Waals surface area (Å²) >= 11 is 0. The number of piperazine rings is 1. The lowest BCUT2D eigenvalue weighted by Gasteiger charge is -2.32. The van der Waals surface area contributed by atoms with Crippen molar-refractivity contribution in [2.24, 2.45) is 4.99 Å². The van der Waals surface area contributed by atoms with Crippen LogP contribution in [0.5, 0.6) is 0 Å². The van der Waals surface area contributed by atoms with E-state index < -0.39 is 0 Å².